The van der Waals surface area contributed by atoms with E-state index in [1.165, 1.54) is 0 Å². The fourth-order valence-electron chi connectivity index (χ4n) is 1.52. The number of ether oxygens (including phenoxy) is 1. The highest BCUT2D eigenvalue weighted by Gasteiger charge is 2.26. The zero-order valence-electron chi connectivity index (χ0n) is 7.55. The summed E-state index contributed by atoms with van der Waals surface area (Å²) in [5.74, 6) is 0.746. The van der Waals surface area contributed by atoms with E-state index in [1.807, 2.05) is 6.92 Å². The number of aromatic nitrogens is 3. The van der Waals surface area contributed by atoms with Gasteiger partial charge in [0.15, 0.2) is 6.23 Å². The number of hydrogen-bond acceptors (Lipinski definition) is 4. The third kappa shape index (κ3) is 1.71. The van der Waals surface area contributed by atoms with E-state index >= 15 is 0 Å². The normalized spacial score (nSPS) is 28.2. The Morgan fingerprint density at radius 3 is 3.08 bits per heavy atom. The van der Waals surface area contributed by atoms with Crippen LogP contribution in [0.4, 0.5) is 0 Å². The summed E-state index contributed by atoms with van der Waals surface area (Å²) in [6.45, 7) is 1.93. The van der Waals surface area contributed by atoms with Crippen molar-refractivity contribution in [2.75, 3.05) is 6.61 Å². The number of nitrogens with zero attached hydrogens (tertiary/aromatic N) is 3. The molecular weight excluding hydrogens is 170 g/mol. The molecule has 2 heterocycles. The van der Waals surface area contributed by atoms with E-state index in [0.29, 0.717) is 0 Å². The molecule has 2 rings (SSSR count). The van der Waals surface area contributed by atoms with Crippen molar-refractivity contribution in [2.24, 2.45) is 0 Å². The maximum atomic E-state index is 8.87. The van der Waals surface area contributed by atoms with Gasteiger partial charge in [0.1, 0.15) is 12.2 Å². The summed E-state index contributed by atoms with van der Waals surface area (Å²) in [6.07, 6.45) is 3.38. The van der Waals surface area contributed by atoms with Crippen LogP contribution in [0.15, 0.2) is 6.33 Å². The van der Waals surface area contributed by atoms with Crippen molar-refractivity contribution in [2.45, 2.75) is 32.1 Å². The SMILES string of the molecule is Cc1ncn(C2CCC(CO)O2)n1. The van der Waals surface area contributed by atoms with Gasteiger partial charge in [-0.3, -0.25) is 0 Å². The van der Waals surface area contributed by atoms with Crippen molar-refractivity contribution in [1.29, 1.82) is 0 Å². The maximum Gasteiger partial charge on any atom is 0.152 e. The Hall–Kier alpha value is -0.940. The summed E-state index contributed by atoms with van der Waals surface area (Å²) < 4.78 is 7.23. The highest BCUT2D eigenvalue weighted by atomic mass is 16.5. The molecule has 5 heteroatoms. The summed E-state index contributed by atoms with van der Waals surface area (Å²) in [5, 5.41) is 13.0. The molecule has 0 bridgehead atoms. The van der Waals surface area contributed by atoms with Crippen LogP contribution >= 0.6 is 0 Å². The summed E-state index contributed by atoms with van der Waals surface area (Å²) >= 11 is 0. The van der Waals surface area contributed by atoms with Crippen LogP contribution in [0.5, 0.6) is 0 Å². The van der Waals surface area contributed by atoms with E-state index in [2.05, 4.69) is 10.1 Å². The number of rotatable bonds is 2. The van der Waals surface area contributed by atoms with Gasteiger partial charge in [-0.25, -0.2) is 9.67 Å². The maximum absolute atomic E-state index is 8.87. The molecule has 2 unspecified atom stereocenters. The van der Waals surface area contributed by atoms with E-state index < -0.39 is 0 Å². The van der Waals surface area contributed by atoms with Crippen molar-refractivity contribution in [3.05, 3.63) is 12.2 Å². The molecule has 2 atom stereocenters. The van der Waals surface area contributed by atoms with Crippen LogP contribution in [0, 0.1) is 6.92 Å². The van der Waals surface area contributed by atoms with Crippen LogP contribution < -0.4 is 0 Å². The molecule has 0 aromatic carbocycles. The zero-order valence-corrected chi connectivity index (χ0v) is 7.55. The van der Waals surface area contributed by atoms with Gasteiger partial charge in [0.05, 0.1) is 12.7 Å². The average Bonchev–Trinajstić information content (AvgIpc) is 2.71. The minimum Gasteiger partial charge on any atom is -0.394 e. The fourth-order valence-corrected chi connectivity index (χ4v) is 1.52. The van der Waals surface area contributed by atoms with Crippen molar-refractivity contribution in [1.82, 2.24) is 14.8 Å². The van der Waals surface area contributed by atoms with Crippen LogP contribution in [0.3, 0.4) is 0 Å². The minimum absolute atomic E-state index is 0.0329. The first-order chi connectivity index (χ1) is 6.29. The lowest BCUT2D eigenvalue weighted by Gasteiger charge is -2.11. The number of hydrogen-bond donors (Lipinski definition) is 1. The molecule has 1 N–H and O–H groups in total. The molecule has 0 radical (unpaired) electrons. The molecule has 0 saturated carbocycles. The number of aliphatic hydroxyl groups is 1. The van der Waals surface area contributed by atoms with E-state index in [9.17, 15) is 0 Å². The Morgan fingerprint density at radius 2 is 2.54 bits per heavy atom. The Balaban J connectivity index is 2.03. The molecule has 0 amide bonds. The molecule has 0 spiro atoms. The molecule has 13 heavy (non-hydrogen) atoms. The van der Waals surface area contributed by atoms with Crippen molar-refractivity contribution < 1.29 is 9.84 Å². The van der Waals surface area contributed by atoms with Crippen molar-refractivity contribution in [3.63, 3.8) is 0 Å². The topological polar surface area (TPSA) is 60.2 Å². The first kappa shape index (κ1) is 8.65. The molecule has 1 aromatic rings. The predicted molar refractivity (Wildman–Crippen MR) is 45.0 cm³/mol. The molecule has 1 aliphatic rings. The monoisotopic (exact) mass is 183 g/mol. The van der Waals surface area contributed by atoms with Crippen LogP contribution in [0.1, 0.15) is 24.9 Å². The highest BCUT2D eigenvalue weighted by Crippen LogP contribution is 2.26. The molecule has 1 aliphatic heterocycles. The van der Waals surface area contributed by atoms with Gasteiger partial charge in [-0.2, -0.15) is 5.10 Å². The molecule has 1 aromatic heterocycles. The van der Waals surface area contributed by atoms with Gasteiger partial charge < -0.3 is 9.84 Å². The zero-order chi connectivity index (χ0) is 9.26. The molecule has 1 saturated heterocycles. The van der Waals surface area contributed by atoms with Crippen molar-refractivity contribution >= 4 is 0 Å². The van der Waals surface area contributed by atoms with Gasteiger partial charge in [0.25, 0.3) is 0 Å². The second-order valence-electron chi connectivity index (χ2n) is 3.24. The van der Waals surface area contributed by atoms with Gasteiger partial charge in [-0.15, -0.1) is 0 Å². The molecule has 0 aliphatic carbocycles. The summed E-state index contributed by atoms with van der Waals surface area (Å²) in [5.41, 5.74) is 0. The van der Waals surface area contributed by atoms with Gasteiger partial charge in [0.2, 0.25) is 0 Å². The second kappa shape index (κ2) is 3.43. The summed E-state index contributed by atoms with van der Waals surface area (Å²) in [7, 11) is 0. The van der Waals surface area contributed by atoms with E-state index in [4.69, 9.17) is 9.84 Å². The molecular formula is C8H13N3O2. The lowest BCUT2D eigenvalue weighted by Crippen LogP contribution is -2.14. The van der Waals surface area contributed by atoms with Crippen LogP contribution in [0.25, 0.3) is 0 Å². The fraction of sp³-hybridized carbons (Fsp3) is 0.750. The predicted octanol–water partition coefficient (Wildman–Crippen LogP) is 0.256. The van der Waals surface area contributed by atoms with Gasteiger partial charge >= 0.3 is 0 Å². The highest BCUT2D eigenvalue weighted by molar-refractivity contribution is 4.79. The Labute approximate surface area is 76.3 Å². The minimum atomic E-state index is -0.0432. The third-order valence-electron chi connectivity index (χ3n) is 2.21. The lowest BCUT2D eigenvalue weighted by molar-refractivity contribution is -0.0284. The Bertz CT molecular complexity index is 287. The smallest absolute Gasteiger partial charge is 0.152 e. The Morgan fingerprint density at radius 1 is 1.69 bits per heavy atom. The summed E-state index contributed by atoms with van der Waals surface area (Å²) in [6, 6.07) is 0. The van der Waals surface area contributed by atoms with Gasteiger partial charge in [-0.1, -0.05) is 0 Å². The largest absolute Gasteiger partial charge is 0.394 e. The molecule has 5 nitrogen and oxygen atoms in total. The van der Waals surface area contributed by atoms with Gasteiger partial charge in [0, 0.05) is 0 Å². The van der Waals surface area contributed by atoms with Gasteiger partial charge in [-0.05, 0) is 19.8 Å². The Kier molecular flexibility index (Phi) is 2.28. The van der Waals surface area contributed by atoms with E-state index in [0.717, 1.165) is 18.7 Å². The third-order valence-corrected chi connectivity index (χ3v) is 2.21. The second-order valence-corrected chi connectivity index (χ2v) is 3.24. The molecule has 1 fully saturated rings. The molecule has 72 valence electrons. The average molecular weight is 183 g/mol. The summed E-state index contributed by atoms with van der Waals surface area (Å²) in [4.78, 5) is 4.02. The first-order valence-corrected chi connectivity index (χ1v) is 4.43. The van der Waals surface area contributed by atoms with Crippen molar-refractivity contribution in [3.8, 4) is 0 Å². The van der Waals surface area contributed by atoms with E-state index in [1.54, 1.807) is 11.0 Å². The van der Waals surface area contributed by atoms with Crippen LogP contribution in [-0.4, -0.2) is 32.6 Å². The standard InChI is InChI=1S/C8H13N3O2/c1-6-9-5-11(10-6)8-3-2-7(4-12)13-8/h5,7-8,12H,2-4H2,1H3. The quantitative estimate of drug-likeness (QED) is 0.714. The first-order valence-electron chi connectivity index (χ1n) is 4.43. The number of aliphatic hydroxyl groups excluding tert-OH is 1. The number of aryl methyl sites for hydroxylation is 1. The van der Waals surface area contributed by atoms with E-state index in [-0.39, 0.29) is 18.9 Å². The van der Waals surface area contributed by atoms with Crippen LogP contribution in [0.2, 0.25) is 0 Å². The lowest BCUT2D eigenvalue weighted by atomic mass is 10.2. The van der Waals surface area contributed by atoms with Crippen LogP contribution in [-0.2, 0) is 4.74 Å².